The van der Waals surface area contributed by atoms with Crippen molar-refractivity contribution in [1.82, 2.24) is 9.78 Å². The number of fused-ring (bicyclic) bond motifs is 1. The van der Waals surface area contributed by atoms with Crippen LogP contribution >= 0.6 is 0 Å². The molecule has 0 aliphatic carbocycles. The van der Waals surface area contributed by atoms with Crippen molar-refractivity contribution in [2.45, 2.75) is 19.4 Å². The van der Waals surface area contributed by atoms with Gasteiger partial charge in [0.05, 0.1) is 23.1 Å². The van der Waals surface area contributed by atoms with E-state index in [0.717, 1.165) is 11.4 Å². The second-order valence-corrected chi connectivity index (χ2v) is 3.75. The molecule has 1 aromatic rings. The Bertz CT molecular complexity index is 334. The van der Waals surface area contributed by atoms with Crippen LogP contribution in [0.4, 0.5) is 5.69 Å². The van der Waals surface area contributed by atoms with Gasteiger partial charge in [0.2, 0.25) is 0 Å². The van der Waals surface area contributed by atoms with Gasteiger partial charge in [-0.25, -0.2) is 0 Å². The molecule has 0 aromatic carbocycles. The molecule has 0 saturated heterocycles. The van der Waals surface area contributed by atoms with Gasteiger partial charge >= 0.3 is 0 Å². The highest BCUT2D eigenvalue weighted by Crippen LogP contribution is 2.26. The zero-order valence-electron chi connectivity index (χ0n) is 7.63. The number of hydrogen-bond donors (Lipinski definition) is 1. The number of anilines is 1. The third-order valence-electron chi connectivity index (χ3n) is 2.10. The molecular formula is C9H13N3. The molecule has 12 heavy (non-hydrogen) atoms. The summed E-state index contributed by atoms with van der Waals surface area (Å²) in [6.07, 6.45) is 6.12. The standard InChI is InChI=1S/C9H13N3/c1-9(2)5-4-8-7(11-9)6-10-12(8)3/h4-6,11H,1-3H3. The molecular weight excluding hydrogens is 150 g/mol. The molecule has 2 heterocycles. The van der Waals surface area contributed by atoms with Crippen molar-refractivity contribution in [3.63, 3.8) is 0 Å². The molecule has 1 aliphatic rings. The summed E-state index contributed by atoms with van der Waals surface area (Å²) in [5.74, 6) is 0. The van der Waals surface area contributed by atoms with E-state index in [1.165, 1.54) is 0 Å². The SMILES string of the molecule is Cn1ncc2c1C=CC(C)(C)N2. The van der Waals surface area contributed by atoms with Gasteiger partial charge in [0.25, 0.3) is 0 Å². The van der Waals surface area contributed by atoms with E-state index in [0.29, 0.717) is 0 Å². The predicted octanol–water partition coefficient (Wildman–Crippen LogP) is 1.64. The summed E-state index contributed by atoms with van der Waals surface area (Å²) < 4.78 is 1.87. The molecule has 0 amide bonds. The number of nitrogens with one attached hydrogen (secondary N) is 1. The molecule has 1 aliphatic heterocycles. The highest BCUT2D eigenvalue weighted by Gasteiger charge is 2.20. The summed E-state index contributed by atoms with van der Waals surface area (Å²) in [5, 5.41) is 7.55. The molecule has 0 radical (unpaired) electrons. The van der Waals surface area contributed by atoms with E-state index < -0.39 is 0 Å². The van der Waals surface area contributed by atoms with Crippen molar-refractivity contribution in [2.75, 3.05) is 5.32 Å². The topological polar surface area (TPSA) is 29.9 Å². The van der Waals surface area contributed by atoms with Gasteiger partial charge in [-0.1, -0.05) is 6.08 Å². The molecule has 0 spiro atoms. The van der Waals surface area contributed by atoms with Crippen molar-refractivity contribution in [2.24, 2.45) is 7.05 Å². The summed E-state index contributed by atoms with van der Waals surface area (Å²) in [6.45, 7) is 4.28. The lowest BCUT2D eigenvalue weighted by Crippen LogP contribution is -2.30. The van der Waals surface area contributed by atoms with E-state index in [1.807, 2.05) is 17.9 Å². The maximum atomic E-state index is 4.17. The maximum Gasteiger partial charge on any atom is 0.0836 e. The van der Waals surface area contributed by atoms with Crippen LogP contribution in [0.5, 0.6) is 0 Å². The van der Waals surface area contributed by atoms with Crippen molar-refractivity contribution in [3.8, 4) is 0 Å². The van der Waals surface area contributed by atoms with E-state index >= 15 is 0 Å². The van der Waals surface area contributed by atoms with E-state index in [1.54, 1.807) is 0 Å². The Morgan fingerprint density at radius 2 is 2.25 bits per heavy atom. The van der Waals surface area contributed by atoms with Crippen molar-refractivity contribution < 1.29 is 0 Å². The Kier molecular flexibility index (Phi) is 1.31. The fourth-order valence-corrected chi connectivity index (χ4v) is 1.42. The summed E-state index contributed by atoms with van der Waals surface area (Å²) in [6, 6.07) is 0. The number of aryl methyl sites for hydroxylation is 1. The molecule has 3 heteroatoms. The van der Waals surface area contributed by atoms with Gasteiger partial charge in [0.1, 0.15) is 0 Å². The number of nitrogens with zero attached hydrogens (tertiary/aromatic N) is 2. The minimum absolute atomic E-state index is 0.0516. The van der Waals surface area contributed by atoms with Gasteiger partial charge in [-0.15, -0.1) is 0 Å². The molecule has 0 unspecified atom stereocenters. The first-order valence-electron chi connectivity index (χ1n) is 4.08. The van der Waals surface area contributed by atoms with Crippen molar-refractivity contribution >= 4 is 11.8 Å². The second kappa shape index (κ2) is 2.12. The second-order valence-electron chi connectivity index (χ2n) is 3.75. The van der Waals surface area contributed by atoms with Gasteiger partial charge in [0.15, 0.2) is 0 Å². The Morgan fingerprint density at radius 1 is 1.50 bits per heavy atom. The average Bonchev–Trinajstić information content (AvgIpc) is 2.30. The third kappa shape index (κ3) is 1.02. The molecule has 0 saturated carbocycles. The number of rotatable bonds is 0. The van der Waals surface area contributed by atoms with Crippen LogP contribution in [0, 0.1) is 0 Å². The normalized spacial score (nSPS) is 18.6. The lowest BCUT2D eigenvalue weighted by atomic mass is 10.0. The van der Waals surface area contributed by atoms with Gasteiger partial charge in [-0.2, -0.15) is 5.10 Å². The molecule has 1 aromatic heterocycles. The number of hydrogen-bond acceptors (Lipinski definition) is 2. The van der Waals surface area contributed by atoms with Crippen molar-refractivity contribution in [3.05, 3.63) is 18.0 Å². The minimum atomic E-state index is 0.0516. The van der Waals surface area contributed by atoms with Crippen LogP contribution in [0.15, 0.2) is 12.3 Å². The molecule has 0 bridgehead atoms. The smallest absolute Gasteiger partial charge is 0.0836 e. The Hall–Kier alpha value is -1.25. The quantitative estimate of drug-likeness (QED) is 0.630. The molecule has 64 valence electrons. The molecule has 3 nitrogen and oxygen atoms in total. The highest BCUT2D eigenvalue weighted by atomic mass is 15.3. The first-order valence-corrected chi connectivity index (χ1v) is 4.08. The van der Waals surface area contributed by atoms with E-state index in [4.69, 9.17) is 0 Å². The first kappa shape index (κ1) is 7.40. The average molecular weight is 163 g/mol. The maximum absolute atomic E-state index is 4.17. The van der Waals surface area contributed by atoms with Crippen LogP contribution in [-0.2, 0) is 7.05 Å². The summed E-state index contributed by atoms with van der Waals surface area (Å²) >= 11 is 0. The van der Waals surface area contributed by atoms with Crippen LogP contribution in [0.25, 0.3) is 6.08 Å². The lowest BCUT2D eigenvalue weighted by Gasteiger charge is -2.26. The summed E-state index contributed by atoms with van der Waals surface area (Å²) in [4.78, 5) is 0. The summed E-state index contributed by atoms with van der Waals surface area (Å²) in [5.41, 5.74) is 2.31. The number of aromatic nitrogens is 2. The van der Waals surface area contributed by atoms with Crippen molar-refractivity contribution in [1.29, 1.82) is 0 Å². The van der Waals surface area contributed by atoms with Crippen LogP contribution in [-0.4, -0.2) is 15.3 Å². The predicted molar refractivity (Wildman–Crippen MR) is 49.9 cm³/mol. The van der Waals surface area contributed by atoms with Crippen LogP contribution < -0.4 is 5.32 Å². The van der Waals surface area contributed by atoms with E-state index in [9.17, 15) is 0 Å². The monoisotopic (exact) mass is 163 g/mol. The van der Waals surface area contributed by atoms with Crippen LogP contribution in [0.2, 0.25) is 0 Å². The molecule has 2 rings (SSSR count). The fraction of sp³-hybridized carbons (Fsp3) is 0.444. The molecule has 0 atom stereocenters. The third-order valence-corrected chi connectivity index (χ3v) is 2.10. The van der Waals surface area contributed by atoms with E-state index in [-0.39, 0.29) is 5.54 Å². The zero-order chi connectivity index (χ0) is 8.77. The van der Waals surface area contributed by atoms with Gasteiger partial charge in [-0.3, -0.25) is 4.68 Å². The zero-order valence-corrected chi connectivity index (χ0v) is 7.63. The van der Waals surface area contributed by atoms with Gasteiger partial charge < -0.3 is 5.32 Å². The minimum Gasteiger partial charge on any atom is -0.374 e. The fourth-order valence-electron chi connectivity index (χ4n) is 1.42. The highest BCUT2D eigenvalue weighted by molar-refractivity contribution is 5.68. The van der Waals surface area contributed by atoms with Crippen LogP contribution in [0.3, 0.4) is 0 Å². The van der Waals surface area contributed by atoms with E-state index in [2.05, 4.69) is 36.4 Å². The van der Waals surface area contributed by atoms with Gasteiger partial charge in [0, 0.05) is 7.05 Å². The Balaban J connectivity index is 2.48. The largest absolute Gasteiger partial charge is 0.374 e. The lowest BCUT2D eigenvalue weighted by molar-refractivity contribution is 0.704. The molecule has 1 N–H and O–H groups in total. The molecule has 0 fully saturated rings. The van der Waals surface area contributed by atoms with Crippen LogP contribution in [0.1, 0.15) is 19.5 Å². The Morgan fingerprint density at radius 3 is 3.00 bits per heavy atom. The summed E-state index contributed by atoms with van der Waals surface area (Å²) in [7, 11) is 1.95. The van der Waals surface area contributed by atoms with Gasteiger partial charge in [-0.05, 0) is 19.9 Å². The first-order chi connectivity index (χ1) is 5.58. The Labute approximate surface area is 72.1 Å².